The van der Waals surface area contributed by atoms with Crippen molar-refractivity contribution in [2.45, 2.75) is 50.4 Å². The maximum atomic E-state index is 11.8. The highest BCUT2D eigenvalue weighted by atomic mass is 35.5. The minimum absolute atomic E-state index is 0.0434. The first-order chi connectivity index (χ1) is 7.65. The summed E-state index contributed by atoms with van der Waals surface area (Å²) < 4.78 is 5.00. The molecule has 0 aromatic rings. The van der Waals surface area contributed by atoms with Crippen LogP contribution in [0, 0.1) is 5.92 Å². The quantitative estimate of drug-likeness (QED) is 0.758. The summed E-state index contributed by atoms with van der Waals surface area (Å²) in [5.74, 6) is 0.00775. The lowest BCUT2D eigenvalue weighted by Crippen LogP contribution is -2.43. The third-order valence-electron chi connectivity index (χ3n) is 3.13. The van der Waals surface area contributed by atoms with E-state index in [1.807, 2.05) is 6.92 Å². The Hall–Kier alpha value is -0.280. The Morgan fingerprint density at radius 2 is 2.06 bits per heavy atom. The molecule has 1 aliphatic carbocycles. The van der Waals surface area contributed by atoms with Gasteiger partial charge in [0.1, 0.15) is 5.38 Å². The molecule has 0 aromatic carbocycles. The summed E-state index contributed by atoms with van der Waals surface area (Å²) in [6, 6.07) is 0.331. The molecule has 1 amide bonds. The van der Waals surface area contributed by atoms with Crippen molar-refractivity contribution in [3.8, 4) is 0 Å². The van der Waals surface area contributed by atoms with Crippen LogP contribution in [0.3, 0.4) is 0 Å². The first-order valence-electron chi connectivity index (χ1n) is 6.08. The zero-order valence-electron chi connectivity index (χ0n) is 10.2. The molecule has 2 unspecified atom stereocenters. The van der Waals surface area contributed by atoms with Gasteiger partial charge in [-0.05, 0) is 12.8 Å². The Balaban J connectivity index is 2.32. The summed E-state index contributed by atoms with van der Waals surface area (Å²) in [7, 11) is 1.62. The number of nitrogens with one attached hydrogen (secondary N) is 1. The Morgan fingerprint density at radius 1 is 1.44 bits per heavy atom. The lowest BCUT2D eigenvalue weighted by atomic mass is 9.95. The number of methoxy groups -OCH3 is 1. The van der Waals surface area contributed by atoms with Gasteiger partial charge >= 0.3 is 0 Å². The van der Waals surface area contributed by atoms with Crippen molar-refractivity contribution in [2.75, 3.05) is 13.7 Å². The maximum Gasteiger partial charge on any atom is 0.238 e. The van der Waals surface area contributed by atoms with Crippen molar-refractivity contribution >= 4 is 17.5 Å². The van der Waals surface area contributed by atoms with Crippen LogP contribution in [0.15, 0.2) is 0 Å². The summed E-state index contributed by atoms with van der Waals surface area (Å²) >= 11 is 6.09. The van der Waals surface area contributed by atoms with Gasteiger partial charge in [0.15, 0.2) is 0 Å². The standard InChI is InChI=1S/C12H22ClNO2/c1-9(8-16-2)11(13)12(15)14-10-6-4-3-5-7-10/h9-11H,3-8H2,1-2H3,(H,14,15). The van der Waals surface area contributed by atoms with E-state index >= 15 is 0 Å². The van der Waals surface area contributed by atoms with Crippen molar-refractivity contribution in [1.82, 2.24) is 5.32 Å². The molecule has 3 nitrogen and oxygen atoms in total. The van der Waals surface area contributed by atoms with Crippen LogP contribution < -0.4 is 5.32 Å². The van der Waals surface area contributed by atoms with Crippen LogP contribution in [0.1, 0.15) is 39.0 Å². The summed E-state index contributed by atoms with van der Waals surface area (Å²) in [4.78, 5) is 11.8. The van der Waals surface area contributed by atoms with Crippen LogP contribution in [-0.4, -0.2) is 31.0 Å². The third-order valence-corrected chi connectivity index (χ3v) is 3.76. The number of ether oxygens (including phenoxy) is 1. The van der Waals surface area contributed by atoms with E-state index < -0.39 is 5.38 Å². The van der Waals surface area contributed by atoms with Gasteiger partial charge in [0.05, 0.1) is 6.61 Å². The third kappa shape index (κ3) is 4.30. The molecule has 1 fully saturated rings. The minimum Gasteiger partial charge on any atom is -0.384 e. The molecular formula is C12H22ClNO2. The fourth-order valence-corrected chi connectivity index (χ4v) is 2.27. The van der Waals surface area contributed by atoms with E-state index in [-0.39, 0.29) is 11.8 Å². The van der Waals surface area contributed by atoms with Gasteiger partial charge in [-0.1, -0.05) is 26.2 Å². The van der Waals surface area contributed by atoms with E-state index in [2.05, 4.69) is 5.32 Å². The smallest absolute Gasteiger partial charge is 0.238 e. The largest absolute Gasteiger partial charge is 0.384 e. The van der Waals surface area contributed by atoms with Crippen molar-refractivity contribution < 1.29 is 9.53 Å². The topological polar surface area (TPSA) is 38.3 Å². The molecule has 0 saturated heterocycles. The van der Waals surface area contributed by atoms with Gasteiger partial charge in [-0.15, -0.1) is 11.6 Å². The Morgan fingerprint density at radius 3 is 2.62 bits per heavy atom. The van der Waals surface area contributed by atoms with Gasteiger partial charge in [-0.2, -0.15) is 0 Å². The predicted octanol–water partition coefficient (Wildman–Crippen LogP) is 2.33. The molecule has 1 aliphatic rings. The molecule has 4 heteroatoms. The molecule has 1 saturated carbocycles. The fourth-order valence-electron chi connectivity index (χ4n) is 2.13. The Labute approximate surface area is 103 Å². The Bertz CT molecular complexity index is 217. The molecule has 94 valence electrons. The molecule has 0 heterocycles. The van der Waals surface area contributed by atoms with Crippen LogP contribution >= 0.6 is 11.6 Å². The number of alkyl halides is 1. The number of carbonyl (C=O) groups excluding carboxylic acids is 1. The van der Waals surface area contributed by atoms with Gasteiger partial charge in [0, 0.05) is 19.1 Å². The molecule has 0 bridgehead atoms. The van der Waals surface area contributed by atoms with Crippen LogP contribution in [0.2, 0.25) is 0 Å². The Kier molecular flexibility index (Phi) is 6.14. The van der Waals surface area contributed by atoms with Crippen LogP contribution in [-0.2, 0) is 9.53 Å². The van der Waals surface area contributed by atoms with Gasteiger partial charge in [0.2, 0.25) is 5.91 Å². The first-order valence-corrected chi connectivity index (χ1v) is 6.52. The van der Waals surface area contributed by atoms with Gasteiger partial charge in [-0.25, -0.2) is 0 Å². The van der Waals surface area contributed by atoms with Gasteiger partial charge in [-0.3, -0.25) is 4.79 Å². The van der Waals surface area contributed by atoms with E-state index in [1.165, 1.54) is 19.3 Å². The molecular weight excluding hydrogens is 226 g/mol. The molecule has 0 aromatic heterocycles. The number of hydrogen-bond donors (Lipinski definition) is 1. The van der Waals surface area contributed by atoms with Crippen molar-refractivity contribution in [1.29, 1.82) is 0 Å². The van der Waals surface area contributed by atoms with Crippen molar-refractivity contribution in [2.24, 2.45) is 5.92 Å². The molecule has 1 N–H and O–H groups in total. The average molecular weight is 248 g/mol. The van der Waals surface area contributed by atoms with E-state index in [0.29, 0.717) is 12.6 Å². The zero-order valence-corrected chi connectivity index (χ0v) is 10.9. The summed E-state index contributed by atoms with van der Waals surface area (Å²) in [5, 5.41) is 2.55. The van der Waals surface area contributed by atoms with E-state index in [0.717, 1.165) is 12.8 Å². The molecule has 0 radical (unpaired) electrons. The van der Waals surface area contributed by atoms with Crippen LogP contribution in [0.5, 0.6) is 0 Å². The maximum absolute atomic E-state index is 11.8. The van der Waals surface area contributed by atoms with E-state index in [9.17, 15) is 4.79 Å². The fraction of sp³-hybridized carbons (Fsp3) is 0.917. The van der Waals surface area contributed by atoms with Gasteiger partial charge < -0.3 is 10.1 Å². The van der Waals surface area contributed by atoms with Crippen LogP contribution in [0.25, 0.3) is 0 Å². The lowest BCUT2D eigenvalue weighted by molar-refractivity contribution is -0.122. The second kappa shape index (κ2) is 7.13. The predicted molar refractivity (Wildman–Crippen MR) is 65.7 cm³/mol. The van der Waals surface area contributed by atoms with E-state index in [1.54, 1.807) is 7.11 Å². The number of halogens is 1. The average Bonchev–Trinajstić information content (AvgIpc) is 2.29. The van der Waals surface area contributed by atoms with E-state index in [4.69, 9.17) is 16.3 Å². The number of rotatable bonds is 5. The van der Waals surface area contributed by atoms with Crippen molar-refractivity contribution in [3.63, 3.8) is 0 Å². The molecule has 0 spiro atoms. The number of carbonyl (C=O) groups is 1. The minimum atomic E-state index is -0.484. The number of amides is 1. The summed E-state index contributed by atoms with van der Waals surface area (Å²) in [6.45, 7) is 2.45. The molecule has 0 aliphatic heterocycles. The molecule has 1 rings (SSSR count). The highest BCUT2D eigenvalue weighted by Gasteiger charge is 2.25. The summed E-state index contributed by atoms with van der Waals surface area (Å²) in [6.07, 6.45) is 5.90. The first kappa shape index (κ1) is 13.8. The lowest BCUT2D eigenvalue weighted by Gasteiger charge is -2.25. The second-order valence-corrected chi connectivity index (χ2v) is 5.15. The van der Waals surface area contributed by atoms with Crippen molar-refractivity contribution in [3.05, 3.63) is 0 Å². The summed E-state index contributed by atoms with van der Waals surface area (Å²) in [5.41, 5.74) is 0. The molecule has 2 atom stereocenters. The highest BCUT2D eigenvalue weighted by molar-refractivity contribution is 6.31. The highest BCUT2D eigenvalue weighted by Crippen LogP contribution is 2.18. The van der Waals surface area contributed by atoms with Crippen LogP contribution in [0.4, 0.5) is 0 Å². The van der Waals surface area contributed by atoms with Gasteiger partial charge in [0.25, 0.3) is 0 Å². The normalized spacial score (nSPS) is 21.4. The second-order valence-electron chi connectivity index (χ2n) is 4.68. The number of hydrogen-bond acceptors (Lipinski definition) is 2. The molecule has 16 heavy (non-hydrogen) atoms. The zero-order chi connectivity index (χ0) is 12.0. The monoisotopic (exact) mass is 247 g/mol. The SMILES string of the molecule is COCC(C)C(Cl)C(=O)NC1CCCCC1.